The maximum atomic E-state index is 13.8. The number of hydrogen-bond acceptors (Lipinski definition) is 12. The van der Waals surface area contributed by atoms with Crippen molar-refractivity contribution in [3.8, 4) is 11.3 Å². The first-order valence-electron chi connectivity index (χ1n) is 23.0. The van der Waals surface area contributed by atoms with Crippen LogP contribution in [0.25, 0.3) is 22.3 Å². The Morgan fingerprint density at radius 1 is 0.954 bits per heavy atom. The lowest BCUT2D eigenvalue weighted by Crippen LogP contribution is -2.49. The number of fused-ring (bicyclic) bond motifs is 2. The first kappa shape index (κ1) is 47.4. The van der Waals surface area contributed by atoms with E-state index in [0.29, 0.717) is 98.7 Å². The fourth-order valence-electron chi connectivity index (χ4n) is 8.64. The largest absolute Gasteiger partial charge is 0.379 e. The Labute approximate surface area is 383 Å². The summed E-state index contributed by atoms with van der Waals surface area (Å²) < 4.78 is 13.0. The second-order valence-corrected chi connectivity index (χ2v) is 18.4. The van der Waals surface area contributed by atoms with Gasteiger partial charge in [0.05, 0.1) is 67.8 Å². The molecule has 5 N–H and O–H groups in total. The average Bonchev–Trinajstić information content (AvgIpc) is 4.01. The number of pyridine rings is 3. The predicted molar refractivity (Wildman–Crippen MR) is 250 cm³/mol. The number of hydrogen-bond donors (Lipinski definition) is 5. The Kier molecular flexibility index (Phi) is 16.5. The molecule has 3 saturated heterocycles. The van der Waals surface area contributed by atoms with Crippen molar-refractivity contribution in [2.75, 3.05) is 69.8 Å². The zero-order chi connectivity index (χ0) is 45.9. The van der Waals surface area contributed by atoms with Crippen LogP contribution in [0, 0.1) is 6.92 Å². The van der Waals surface area contributed by atoms with Gasteiger partial charge in [-0.05, 0) is 69.9 Å². The van der Waals surface area contributed by atoms with Gasteiger partial charge in [-0.15, -0.1) is 0 Å². The van der Waals surface area contributed by atoms with Crippen LogP contribution < -0.4 is 31.7 Å². The smallest absolute Gasteiger partial charge is 0.315 e. The van der Waals surface area contributed by atoms with Gasteiger partial charge in [0.15, 0.2) is 5.65 Å². The normalized spacial score (nSPS) is 18.2. The second-order valence-electron chi connectivity index (χ2n) is 17.2. The summed E-state index contributed by atoms with van der Waals surface area (Å²) in [6.45, 7) is 12.3. The maximum absolute atomic E-state index is 13.8. The third-order valence-corrected chi connectivity index (χ3v) is 13.6. The first-order valence-corrected chi connectivity index (χ1v) is 24.0. The highest BCUT2D eigenvalue weighted by Gasteiger charge is 2.42. The lowest BCUT2D eigenvalue weighted by atomic mass is 10.0. The van der Waals surface area contributed by atoms with Gasteiger partial charge in [0, 0.05) is 85.8 Å². The fraction of sp³-hybridized carbons (Fsp3) is 0.565. The SMILES string of the molecule is CCCc1cc(C)[nH]c(=O)c1CNC(=O)c1cc(-c2ccc(N3CCN(C(=O)CCOCCOCCNC(=O)CCCC[C@@H]4SC[C@@H]5NC(=O)N[C@@H]54)CC3)nc2)nc2c1cnn2C(C)C. The third-order valence-electron chi connectivity index (χ3n) is 12.1. The molecule has 4 aromatic heterocycles. The van der Waals surface area contributed by atoms with Crippen molar-refractivity contribution in [1.29, 1.82) is 0 Å². The number of piperazine rings is 1. The molecule has 0 radical (unpaired) electrons. The molecule has 3 aliphatic rings. The van der Waals surface area contributed by atoms with Gasteiger partial charge in [-0.3, -0.25) is 19.2 Å². The molecule has 7 heterocycles. The number of carbonyl (C=O) groups excluding carboxylic acids is 4. The van der Waals surface area contributed by atoms with Crippen LogP contribution in [0.2, 0.25) is 0 Å². The monoisotopic (exact) mass is 913 g/mol. The summed E-state index contributed by atoms with van der Waals surface area (Å²) in [5.41, 5.74) is 4.39. The van der Waals surface area contributed by atoms with Crippen molar-refractivity contribution in [1.82, 2.24) is 50.9 Å². The summed E-state index contributed by atoms with van der Waals surface area (Å²) in [6, 6.07) is 7.95. The number of aromatic amines is 1. The van der Waals surface area contributed by atoms with E-state index in [0.717, 1.165) is 60.5 Å². The molecule has 0 bridgehead atoms. The number of urea groups is 1. The number of H-pyrrole nitrogens is 1. The van der Waals surface area contributed by atoms with Crippen LogP contribution in [0.5, 0.6) is 0 Å². The topological polar surface area (TPSA) is 218 Å². The van der Waals surface area contributed by atoms with Crippen molar-refractivity contribution in [3.63, 3.8) is 0 Å². The van der Waals surface area contributed by atoms with E-state index >= 15 is 0 Å². The lowest BCUT2D eigenvalue weighted by Gasteiger charge is -2.35. The summed E-state index contributed by atoms with van der Waals surface area (Å²) >= 11 is 1.89. The highest BCUT2D eigenvalue weighted by atomic mass is 32.2. The van der Waals surface area contributed by atoms with Gasteiger partial charge in [0.2, 0.25) is 11.8 Å². The fourth-order valence-corrected chi connectivity index (χ4v) is 10.2. The van der Waals surface area contributed by atoms with E-state index in [1.807, 2.05) is 55.6 Å². The van der Waals surface area contributed by atoms with Crippen LogP contribution in [0.1, 0.15) is 92.5 Å². The second kappa shape index (κ2) is 22.6. The third kappa shape index (κ3) is 12.2. The number of nitrogens with one attached hydrogen (secondary N) is 5. The van der Waals surface area contributed by atoms with E-state index < -0.39 is 0 Å². The van der Waals surface area contributed by atoms with Crippen LogP contribution in [0.15, 0.2) is 41.5 Å². The Hall–Kier alpha value is -5.53. The minimum atomic E-state index is -0.326. The molecule has 4 aromatic rings. The van der Waals surface area contributed by atoms with Crippen LogP contribution in [0.3, 0.4) is 0 Å². The van der Waals surface area contributed by atoms with E-state index in [1.54, 1.807) is 23.1 Å². The number of rotatable bonds is 22. The van der Waals surface area contributed by atoms with Crippen molar-refractivity contribution in [3.05, 3.63) is 69.4 Å². The minimum Gasteiger partial charge on any atom is -0.379 e. The van der Waals surface area contributed by atoms with Gasteiger partial charge in [-0.2, -0.15) is 16.9 Å². The van der Waals surface area contributed by atoms with E-state index in [9.17, 15) is 24.0 Å². The molecule has 65 heavy (non-hydrogen) atoms. The molecular formula is C46H63N11O7S. The number of ether oxygens (including phenoxy) is 2. The van der Waals surface area contributed by atoms with Gasteiger partial charge in [0.1, 0.15) is 5.82 Å². The molecule has 19 heteroatoms. The molecule has 0 spiro atoms. The van der Waals surface area contributed by atoms with Gasteiger partial charge >= 0.3 is 6.03 Å². The zero-order valence-electron chi connectivity index (χ0n) is 38.0. The van der Waals surface area contributed by atoms with Gasteiger partial charge in [0.25, 0.3) is 11.5 Å². The number of anilines is 1. The minimum absolute atomic E-state index is 0.00540. The highest BCUT2D eigenvalue weighted by Crippen LogP contribution is 2.33. The van der Waals surface area contributed by atoms with Crippen molar-refractivity contribution >= 4 is 52.4 Å². The Balaban J connectivity index is 0.803. The van der Waals surface area contributed by atoms with E-state index in [2.05, 4.69) is 43.2 Å². The number of aromatic nitrogens is 5. The molecule has 18 nitrogen and oxygen atoms in total. The Morgan fingerprint density at radius 2 is 1.75 bits per heavy atom. The lowest BCUT2D eigenvalue weighted by molar-refractivity contribution is -0.132. The van der Waals surface area contributed by atoms with Crippen molar-refractivity contribution < 1.29 is 28.7 Å². The van der Waals surface area contributed by atoms with Crippen LogP contribution >= 0.6 is 11.8 Å². The van der Waals surface area contributed by atoms with E-state index in [-0.39, 0.29) is 60.4 Å². The summed E-state index contributed by atoms with van der Waals surface area (Å²) in [7, 11) is 0. The molecule has 0 aliphatic carbocycles. The van der Waals surface area contributed by atoms with Gasteiger partial charge in [-0.25, -0.2) is 19.4 Å². The first-order chi connectivity index (χ1) is 31.5. The van der Waals surface area contributed by atoms with Gasteiger partial charge < -0.3 is 45.5 Å². The van der Waals surface area contributed by atoms with Crippen LogP contribution in [0.4, 0.5) is 10.6 Å². The number of unbranched alkanes of at least 4 members (excludes halogenated alkanes) is 1. The molecule has 5 amide bonds. The standard InChI is InChI=1S/C46H63N11O7S/c1-5-8-31-23-30(4)51-45(61)34(31)26-49-44(60)33-24-36(52-43-35(33)27-50-57(43)29(2)3)32-11-12-39(48-25-32)55-15-17-56(18-16-55)41(59)13-19-63-21-22-64-20-14-47-40(58)10-7-6-9-38-42-37(28-65-38)53-46(62)54-42/h11-12,23-25,27,29,37-38,42H,5-10,13-22,26,28H2,1-4H3,(H,47,58)(H,49,60)(H,51,61)(H2,53,54,62)/t37-,38-,42-/m0/s1. The zero-order valence-corrected chi connectivity index (χ0v) is 38.8. The predicted octanol–water partition coefficient (Wildman–Crippen LogP) is 3.87. The van der Waals surface area contributed by atoms with Crippen molar-refractivity contribution in [2.24, 2.45) is 0 Å². The number of amides is 5. The Morgan fingerprint density at radius 3 is 2.51 bits per heavy atom. The number of carbonyl (C=O) groups is 4. The highest BCUT2D eigenvalue weighted by molar-refractivity contribution is 8.00. The molecule has 350 valence electrons. The number of aryl methyl sites for hydroxylation is 2. The van der Waals surface area contributed by atoms with Crippen molar-refractivity contribution in [2.45, 2.75) is 103 Å². The molecule has 3 aliphatic heterocycles. The quantitative estimate of drug-likeness (QED) is 0.0561. The molecule has 0 unspecified atom stereocenters. The average molecular weight is 914 g/mol. The molecule has 0 aromatic carbocycles. The number of thioether (sulfide) groups is 1. The molecule has 3 atom stereocenters. The molecule has 7 rings (SSSR count). The van der Waals surface area contributed by atoms with Crippen LogP contribution in [-0.2, 0) is 32.0 Å². The Bertz CT molecular complexity index is 2350. The molecular weight excluding hydrogens is 851 g/mol. The molecule has 3 fully saturated rings. The molecule has 0 saturated carbocycles. The van der Waals surface area contributed by atoms with E-state index in [4.69, 9.17) is 19.4 Å². The number of nitrogens with zero attached hydrogens (tertiary/aromatic N) is 6. The van der Waals surface area contributed by atoms with Gasteiger partial charge in [-0.1, -0.05) is 19.8 Å². The van der Waals surface area contributed by atoms with E-state index in [1.165, 1.54) is 0 Å². The van der Waals surface area contributed by atoms with Crippen LogP contribution in [-0.4, -0.2) is 136 Å². The summed E-state index contributed by atoms with van der Waals surface area (Å²) in [4.78, 5) is 80.0. The summed E-state index contributed by atoms with van der Waals surface area (Å²) in [6.07, 6.45) is 8.54. The summed E-state index contributed by atoms with van der Waals surface area (Å²) in [5.74, 6) is 1.45. The maximum Gasteiger partial charge on any atom is 0.315 e. The summed E-state index contributed by atoms with van der Waals surface area (Å²) in [5, 5.41) is 17.4.